The SMILES string of the molecule is COCCNc1nnc(SC(C)C(=O)N2CCCC2)s1. The zero-order valence-electron chi connectivity index (χ0n) is 11.8. The number of carbonyl (C=O) groups is 1. The lowest BCUT2D eigenvalue weighted by Gasteiger charge is -2.18. The molecule has 1 N–H and O–H groups in total. The van der Waals surface area contributed by atoms with Gasteiger partial charge in [0.25, 0.3) is 0 Å². The first-order valence-corrected chi connectivity index (χ1v) is 8.42. The zero-order valence-corrected chi connectivity index (χ0v) is 13.4. The number of rotatable bonds is 7. The second kappa shape index (κ2) is 7.80. The van der Waals surface area contributed by atoms with Gasteiger partial charge in [-0.15, -0.1) is 10.2 Å². The highest BCUT2D eigenvalue weighted by atomic mass is 32.2. The summed E-state index contributed by atoms with van der Waals surface area (Å²) in [5.41, 5.74) is 0. The number of anilines is 1. The first-order valence-electron chi connectivity index (χ1n) is 6.72. The number of likely N-dealkylation sites (tertiary alicyclic amines) is 1. The maximum absolute atomic E-state index is 12.2. The number of ether oxygens (including phenoxy) is 1. The predicted molar refractivity (Wildman–Crippen MR) is 81.4 cm³/mol. The van der Waals surface area contributed by atoms with Crippen LogP contribution in [0.5, 0.6) is 0 Å². The molecule has 0 spiro atoms. The molecule has 1 aromatic rings. The van der Waals surface area contributed by atoms with Gasteiger partial charge in [0.05, 0.1) is 11.9 Å². The molecule has 112 valence electrons. The highest BCUT2D eigenvalue weighted by molar-refractivity contribution is 8.02. The van der Waals surface area contributed by atoms with Crippen LogP contribution in [0.2, 0.25) is 0 Å². The molecule has 2 rings (SSSR count). The van der Waals surface area contributed by atoms with Gasteiger partial charge in [0, 0.05) is 26.7 Å². The Balaban J connectivity index is 1.81. The normalized spacial score (nSPS) is 16.4. The third kappa shape index (κ3) is 4.32. The summed E-state index contributed by atoms with van der Waals surface area (Å²) in [4.78, 5) is 14.1. The van der Waals surface area contributed by atoms with Crippen LogP contribution in [0.1, 0.15) is 19.8 Å². The molecular formula is C12H20N4O2S2. The van der Waals surface area contributed by atoms with E-state index in [4.69, 9.17) is 4.74 Å². The third-order valence-corrected chi connectivity index (χ3v) is 5.08. The molecule has 0 radical (unpaired) electrons. The van der Waals surface area contributed by atoms with Gasteiger partial charge in [0.1, 0.15) is 0 Å². The van der Waals surface area contributed by atoms with Gasteiger partial charge >= 0.3 is 0 Å². The maximum atomic E-state index is 12.2. The molecule has 1 amide bonds. The van der Waals surface area contributed by atoms with Crippen molar-refractivity contribution in [2.45, 2.75) is 29.4 Å². The first kappa shape index (κ1) is 15.5. The molecule has 1 unspecified atom stereocenters. The molecular weight excluding hydrogens is 296 g/mol. The molecule has 8 heteroatoms. The van der Waals surface area contributed by atoms with Gasteiger partial charge in [-0.1, -0.05) is 23.1 Å². The van der Waals surface area contributed by atoms with Gasteiger partial charge in [-0.3, -0.25) is 4.79 Å². The largest absolute Gasteiger partial charge is 0.383 e. The second-order valence-corrected chi connectivity index (χ2v) is 7.15. The molecule has 0 aliphatic carbocycles. The molecule has 1 aliphatic rings. The Bertz CT molecular complexity index is 435. The van der Waals surface area contributed by atoms with E-state index in [1.807, 2.05) is 11.8 Å². The van der Waals surface area contributed by atoms with Crippen LogP contribution in [0.3, 0.4) is 0 Å². The summed E-state index contributed by atoms with van der Waals surface area (Å²) >= 11 is 2.96. The van der Waals surface area contributed by atoms with Crippen molar-refractivity contribution < 1.29 is 9.53 Å². The summed E-state index contributed by atoms with van der Waals surface area (Å²) < 4.78 is 5.79. The summed E-state index contributed by atoms with van der Waals surface area (Å²) in [5.74, 6) is 0.205. The molecule has 1 fully saturated rings. The van der Waals surface area contributed by atoms with E-state index < -0.39 is 0 Å². The highest BCUT2D eigenvalue weighted by Gasteiger charge is 2.24. The molecule has 1 saturated heterocycles. The standard InChI is InChI=1S/C12H20N4O2S2/c1-9(10(17)16-6-3-4-7-16)19-12-15-14-11(20-12)13-5-8-18-2/h9H,3-8H2,1-2H3,(H,13,14). The summed E-state index contributed by atoms with van der Waals surface area (Å²) in [6.07, 6.45) is 2.24. The Hall–Kier alpha value is -0.860. The van der Waals surface area contributed by atoms with Gasteiger partial charge < -0.3 is 15.0 Å². The number of methoxy groups -OCH3 is 1. The summed E-state index contributed by atoms with van der Waals surface area (Å²) in [6.45, 7) is 5.06. The van der Waals surface area contributed by atoms with E-state index in [0.717, 1.165) is 35.4 Å². The predicted octanol–water partition coefficient (Wildman–Crippen LogP) is 1.70. The van der Waals surface area contributed by atoms with Crippen molar-refractivity contribution in [2.75, 3.05) is 38.7 Å². The molecule has 1 aromatic heterocycles. The van der Waals surface area contributed by atoms with E-state index in [1.54, 1.807) is 7.11 Å². The van der Waals surface area contributed by atoms with E-state index in [0.29, 0.717) is 13.2 Å². The monoisotopic (exact) mass is 316 g/mol. The summed E-state index contributed by atoms with van der Waals surface area (Å²) in [6, 6.07) is 0. The molecule has 20 heavy (non-hydrogen) atoms. The minimum atomic E-state index is -0.104. The number of hydrogen-bond donors (Lipinski definition) is 1. The lowest BCUT2D eigenvalue weighted by molar-refractivity contribution is -0.129. The number of amides is 1. The van der Waals surface area contributed by atoms with Gasteiger partial charge in [-0.05, 0) is 19.8 Å². The quantitative estimate of drug-likeness (QED) is 0.610. The van der Waals surface area contributed by atoms with Gasteiger partial charge in [-0.2, -0.15) is 0 Å². The van der Waals surface area contributed by atoms with Crippen molar-refractivity contribution in [3.8, 4) is 0 Å². The number of aromatic nitrogens is 2. The van der Waals surface area contributed by atoms with Crippen molar-refractivity contribution in [2.24, 2.45) is 0 Å². The summed E-state index contributed by atoms with van der Waals surface area (Å²) in [7, 11) is 1.66. The molecule has 1 atom stereocenters. The fourth-order valence-corrected chi connectivity index (χ4v) is 3.99. The van der Waals surface area contributed by atoms with E-state index in [1.165, 1.54) is 23.1 Å². The van der Waals surface area contributed by atoms with Crippen molar-refractivity contribution in [3.05, 3.63) is 0 Å². The van der Waals surface area contributed by atoms with Crippen LogP contribution in [-0.4, -0.2) is 59.6 Å². The molecule has 2 heterocycles. The minimum Gasteiger partial charge on any atom is -0.383 e. The molecule has 0 bridgehead atoms. The van der Waals surface area contributed by atoms with Crippen LogP contribution >= 0.6 is 23.1 Å². The molecule has 0 saturated carbocycles. The Morgan fingerprint density at radius 2 is 2.25 bits per heavy atom. The maximum Gasteiger partial charge on any atom is 0.235 e. The Morgan fingerprint density at radius 3 is 2.95 bits per heavy atom. The number of thioether (sulfide) groups is 1. The van der Waals surface area contributed by atoms with Crippen molar-refractivity contribution in [1.29, 1.82) is 0 Å². The molecule has 6 nitrogen and oxygen atoms in total. The second-order valence-electron chi connectivity index (χ2n) is 4.59. The Labute approximate surface area is 127 Å². The Kier molecular flexibility index (Phi) is 6.06. The van der Waals surface area contributed by atoms with Crippen molar-refractivity contribution in [1.82, 2.24) is 15.1 Å². The molecule has 0 aromatic carbocycles. The number of nitrogens with one attached hydrogen (secondary N) is 1. The van der Waals surface area contributed by atoms with Crippen LogP contribution in [-0.2, 0) is 9.53 Å². The van der Waals surface area contributed by atoms with Gasteiger partial charge in [0.2, 0.25) is 11.0 Å². The van der Waals surface area contributed by atoms with Crippen LogP contribution in [0.25, 0.3) is 0 Å². The smallest absolute Gasteiger partial charge is 0.235 e. The van der Waals surface area contributed by atoms with Crippen molar-refractivity contribution >= 4 is 34.1 Å². The average molecular weight is 316 g/mol. The Morgan fingerprint density at radius 1 is 1.50 bits per heavy atom. The van der Waals surface area contributed by atoms with E-state index in [2.05, 4.69) is 15.5 Å². The first-order chi connectivity index (χ1) is 9.70. The van der Waals surface area contributed by atoms with Crippen LogP contribution in [0, 0.1) is 0 Å². The lowest BCUT2D eigenvalue weighted by Crippen LogP contribution is -2.33. The summed E-state index contributed by atoms with van der Waals surface area (Å²) in [5, 5.41) is 12.0. The van der Waals surface area contributed by atoms with Crippen molar-refractivity contribution in [3.63, 3.8) is 0 Å². The minimum absolute atomic E-state index is 0.104. The van der Waals surface area contributed by atoms with E-state index >= 15 is 0 Å². The number of carbonyl (C=O) groups excluding carboxylic acids is 1. The fourth-order valence-electron chi connectivity index (χ4n) is 1.99. The highest BCUT2D eigenvalue weighted by Crippen LogP contribution is 2.30. The van der Waals surface area contributed by atoms with Crippen LogP contribution in [0.4, 0.5) is 5.13 Å². The van der Waals surface area contributed by atoms with Gasteiger partial charge in [-0.25, -0.2) is 0 Å². The van der Waals surface area contributed by atoms with E-state index in [-0.39, 0.29) is 11.2 Å². The van der Waals surface area contributed by atoms with Crippen LogP contribution < -0.4 is 5.32 Å². The van der Waals surface area contributed by atoms with Gasteiger partial charge in [0.15, 0.2) is 4.34 Å². The molecule has 1 aliphatic heterocycles. The average Bonchev–Trinajstić information content (AvgIpc) is 3.09. The third-order valence-electron chi connectivity index (χ3n) is 3.03. The lowest BCUT2D eigenvalue weighted by atomic mass is 10.4. The number of nitrogens with zero attached hydrogens (tertiary/aromatic N) is 3. The zero-order chi connectivity index (χ0) is 14.4. The fraction of sp³-hybridized carbons (Fsp3) is 0.750. The number of hydrogen-bond acceptors (Lipinski definition) is 7. The van der Waals surface area contributed by atoms with Crippen LogP contribution in [0.15, 0.2) is 4.34 Å². The topological polar surface area (TPSA) is 67.3 Å². The van der Waals surface area contributed by atoms with E-state index in [9.17, 15) is 4.79 Å².